The van der Waals surface area contributed by atoms with Crippen LogP contribution in [0.25, 0.3) is 11.6 Å². The van der Waals surface area contributed by atoms with Crippen LogP contribution in [0.5, 0.6) is 5.75 Å². The number of furan rings is 1. The van der Waals surface area contributed by atoms with E-state index in [1.54, 1.807) is 24.3 Å². The van der Waals surface area contributed by atoms with Crippen molar-refractivity contribution in [3.63, 3.8) is 0 Å². The van der Waals surface area contributed by atoms with Gasteiger partial charge in [0.05, 0.1) is 0 Å². The second-order valence-electron chi connectivity index (χ2n) is 8.63. The van der Waals surface area contributed by atoms with Gasteiger partial charge in [-0.25, -0.2) is 0 Å². The Morgan fingerprint density at radius 2 is 2.06 bits per heavy atom. The summed E-state index contributed by atoms with van der Waals surface area (Å²) in [6.45, 7) is 3.56. The minimum absolute atomic E-state index is 0.0103. The van der Waals surface area contributed by atoms with Gasteiger partial charge in [-0.2, -0.15) is 4.80 Å². The summed E-state index contributed by atoms with van der Waals surface area (Å²) in [5, 5.41) is 25.4. The van der Waals surface area contributed by atoms with Gasteiger partial charge in [0.1, 0.15) is 24.1 Å². The van der Waals surface area contributed by atoms with Crippen molar-refractivity contribution < 1.29 is 19.1 Å². The van der Waals surface area contributed by atoms with Crippen LogP contribution in [-0.4, -0.2) is 49.2 Å². The highest BCUT2D eigenvalue weighted by Crippen LogP contribution is 2.26. The second kappa shape index (κ2) is 10.5. The number of nitrogens with zero attached hydrogens (tertiary/aromatic N) is 5. The maximum atomic E-state index is 13.5. The highest BCUT2D eigenvalue weighted by molar-refractivity contribution is 6.00. The molecule has 180 valence electrons. The molecule has 0 radical (unpaired) electrons. The zero-order chi connectivity index (χ0) is 24.1. The van der Waals surface area contributed by atoms with E-state index in [0.717, 1.165) is 25.7 Å². The van der Waals surface area contributed by atoms with Gasteiger partial charge in [0, 0.05) is 17.8 Å². The molecule has 2 N–H and O–H groups in total. The van der Waals surface area contributed by atoms with Crippen molar-refractivity contribution in [1.29, 1.82) is 0 Å². The number of aryl methyl sites for hydroxylation is 1. The highest BCUT2D eigenvalue weighted by atomic mass is 16.3. The number of phenolic OH excluding ortho intramolecular Hbond substituents is 1. The van der Waals surface area contributed by atoms with Crippen LogP contribution in [0, 0.1) is 6.92 Å². The number of hydrogen-bond acceptors (Lipinski definition) is 7. The Bertz CT molecular complexity index is 1130. The predicted octanol–water partition coefficient (Wildman–Crippen LogP) is 3.21. The summed E-state index contributed by atoms with van der Waals surface area (Å²) in [7, 11) is 0. The van der Waals surface area contributed by atoms with Crippen LogP contribution >= 0.6 is 0 Å². The lowest BCUT2D eigenvalue weighted by molar-refractivity contribution is -0.127. The van der Waals surface area contributed by atoms with Crippen LogP contribution in [0.3, 0.4) is 0 Å². The first-order chi connectivity index (χ1) is 16.4. The van der Waals surface area contributed by atoms with Gasteiger partial charge in [-0.3, -0.25) is 14.5 Å². The number of phenols is 1. The third-order valence-electron chi connectivity index (χ3n) is 5.94. The smallest absolute Gasteiger partial charge is 0.251 e. The van der Waals surface area contributed by atoms with E-state index in [1.165, 1.54) is 21.8 Å². The van der Waals surface area contributed by atoms with E-state index in [9.17, 15) is 14.7 Å². The molecule has 0 bridgehead atoms. The highest BCUT2D eigenvalue weighted by Gasteiger charge is 2.33. The number of nitrogens with one attached hydrogen (secondary N) is 1. The van der Waals surface area contributed by atoms with Crippen molar-refractivity contribution in [3.8, 4) is 17.3 Å². The van der Waals surface area contributed by atoms with Crippen molar-refractivity contribution in [2.24, 2.45) is 0 Å². The molecule has 10 heteroatoms. The number of tetrazole rings is 1. The fraction of sp³-hybridized carbons (Fsp3) is 0.458. The predicted molar refractivity (Wildman–Crippen MR) is 125 cm³/mol. The van der Waals surface area contributed by atoms with Gasteiger partial charge >= 0.3 is 0 Å². The fourth-order valence-electron chi connectivity index (χ4n) is 4.32. The average molecular weight is 467 g/mol. The third-order valence-corrected chi connectivity index (χ3v) is 5.94. The quantitative estimate of drug-likeness (QED) is 0.496. The normalized spacial score (nSPS) is 14.8. The molecule has 1 aliphatic carbocycles. The van der Waals surface area contributed by atoms with E-state index in [4.69, 9.17) is 4.42 Å². The summed E-state index contributed by atoms with van der Waals surface area (Å²) in [6, 6.07) is 9.29. The van der Waals surface area contributed by atoms with E-state index >= 15 is 0 Å². The van der Waals surface area contributed by atoms with Crippen LogP contribution in [0.1, 0.15) is 51.2 Å². The lowest BCUT2D eigenvalue weighted by Crippen LogP contribution is -2.52. The molecule has 10 nitrogen and oxygen atoms in total. The van der Waals surface area contributed by atoms with Crippen molar-refractivity contribution >= 4 is 17.5 Å². The lowest BCUT2D eigenvalue weighted by Gasteiger charge is -2.31. The number of aromatic hydroxyl groups is 1. The van der Waals surface area contributed by atoms with Crippen molar-refractivity contribution in [3.05, 3.63) is 42.2 Å². The van der Waals surface area contributed by atoms with Crippen molar-refractivity contribution in [2.75, 3.05) is 4.90 Å². The number of aromatic nitrogens is 4. The molecular formula is C24H30N6O4. The number of benzene rings is 1. The molecular weight excluding hydrogens is 436 g/mol. The number of carbonyl (C=O) groups is 2. The summed E-state index contributed by atoms with van der Waals surface area (Å²) in [6.07, 6.45) is 5.25. The lowest BCUT2D eigenvalue weighted by atomic mass is 10.1. The first-order valence-corrected chi connectivity index (χ1v) is 11.7. The fourth-order valence-corrected chi connectivity index (χ4v) is 4.32. The van der Waals surface area contributed by atoms with Gasteiger partial charge < -0.3 is 14.8 Å². The molecule has 34 heavy (non-hydrogen) atoms. The minimum atomic E-state index is -0.726. The molecule has 2 amide bonds. The van der Waals surface area contributed by atoms with Crippen molar-refractivity contribution in [1.82, 2.24) is 25.5 Å². The number of amides is 2. The van der Waals surface area contributed by atoms with Crippen LogP contribution in [-0.2, 0) is 16.1 Å². The van der Waals surface area contributed by atoms with Gasteiger partial charge in [0.15, 0.2) is 5.76 Å². The minimum Gasteiger partial charge on any atom is -0.508 e. The molecule has 1 aromatic carbocycles. The maximum Gasteiger partial charge on any atom is 0.251 e. The van der Waals surface area contributed by atoms with Gasteiger partial charge in [-0.15, -0.1) is 10.2 Å². The number of carbonyl (C=O) groups excluding carboxylic acids is 2. The molecule has 1 atom stereocenters. The van der Waals surface area contributed by atoms with E-state index in [1.807, 2.05) is 13.8 Å². The van der Waals surface area contributed by atoms with Crippen molar-refractivity contribution in [2.45, 2.75) is 71.0 Å². The van der Waals surface area contributed by atoms with Gasteiger partial charge in [-0.05, 0) is 55.7 Å². The summed E-state index contributed by atoms with van der Waals surface area (Å²) in [5.74, 6) is 0.882. The Morgan fingerprint density at radius 1 is 1.26 bits per heavy atom. The average Bonchev–Trinajstić information content (AvgIpc) is 3.56. The van der Waals surface area contributed by atoms with Crippen LogP contribution in [0.15, 0.2) is 40.8 Å². The largest absolute Gasteiger partial charge is 0.508 e. The topological polar surface area (TPSA) is 126 Å². The van der Waals surface area contributed by atoms with E-state index in [-0.39, 0.29) is 36.0 Å². The molecule has 4 rings (SSSR count). The summed E-state index contributed by atoms with van der Waals surface area (Å²) in [4.78, 5) is 29.5. The maximum absolute atomic E-state index is 13.5. The zero-order valence-corrected chi connectivity index (χ0v) is 19.5. The summed E-state index contributed by atoms with van der Waals surface area (Å²) < 4.78 is 5.53. The first-order valence-electron chi connectivity index (χ1n) is 11.7. The molecule has 0 aliphatic heterocycles. The Labute approximate surface area is 197 Å². The van der Waals surface area contributed by atoms with Gasteiger partial charge in [-0.1, -0.05) is 32.3 Å². The Hall–Kier alpha value is -3.69. The first kappa shape index (κ1) is 23.5. The molecule has 1 aliphatic rings. The molecule has 0 spiro atoms. The number of hydrogen-bond donors (Lipinski definition) is 2. The molecule has 0 saturated heterocycles. The molecule has 2 heterocycles. The molecule has 1 fully saturated rings. The SMILES string of the molecule is CCC[C@H](C(=O)NC1CCCC1)N(C(=O)Cn1nnc(-c2ccc(C)o2)n1)c1cccc(O)c1. The number of anilines is 1. The molecule has 0 unspecified atom stereocenters. The Kier molecular flexibility index (Phi) is 7.24. The Balaban J connectivity index is 1.60. The standard InChI is InChI=1S/C24H30N6O4/c1-3-7-20(24(33)25-17-8-4-5-9-17)30(18-10-6-11-19(31)14-18)22(32)15-29-27-23(26-28-29)21-13-12-16(2)34-21/h6,10-14,17,20,31H,3-5,7-9,15H2,1-2H3,(H,25,33)/t20-/m1/s1. The summed E-state index contributed by atoms with van der Waals surface area (Å²) in [5.41, 5.74) is 0.437. The molecule has 1 saturated carbocycles. The van der Waals surface area contributed by atoms with E-state index in [0.29, 0.717) is 30.0 Å². The molecule has 3 aromatic rings. The monoisotopic (exact) mass is 466 g/mol. The van der Waals surface area contributed by atoms with E-state index in [2.05, 4.69) is 20.7 Å². The van der Waals surface area contributed by atoms with Gasteiger partial charge in [0.2, 0.25) is 11.7 Å². The van der Waals surface area contributed by atoms with Gasteiger partial charge in [0.25, 0.3) is 5.91 Å². The number of rotatable bonds is 9. The molecule has 2 aromatic heterocycles. The summed E-state index contributed by atoms with van der Waals surface area (Å²) >= 11 is 0. The van der Waals surface area contributed by atoms with Crippen LogP contribution < -0.4 is 10.2 Å². The third kappa shape index (κ3) is 5.44. The van der Waals surface area contributed by atoms with Crippen LogP contribution in [0.2, 0.25) is 0 Å². The van der Waals surface area contributed by atoms with E-state index < -0.39 is 6.04 Å². The Morgan fingerprint density at radius 3 is 2.74 bits per heavy atom. The zero-order valence-electron chi connectivity index (χ0n) is 19.5. The van der Waals surface area contributed by atoms with Crippen LogP contribution in [0.4, 0.5) is 5.69 Å². The second-order valence-corrected chi connectivity index (χ2v) is 8.63.